The quantitative estimate of drug-likeness (QED) is 0.617. The number of para-hydroxylation sites is 1. The van der Waals surface area contributed by atoms with Crippen molar-refractivity contribution in [2.75, 3.05) is 17.4 Å². The Balaban J connectivity index is 1.43. The first-order valence-electron chi connectivity index (χ1n) is 8.30. The average Bonchev–Trinajstić information content (AvgIpc) is 3.16. The highest BCUT2D eigenvalue weighted by Crippen LogP contribution is 2.35. The van der Waals surface area contributed by atoms with E-state index in [0.717, 1.165) is 22.7 Å². The second-order valence-electron chi connectivity index (χ2n) is 5.84. The zero-order chi connectivity index (χ0) is 18.6. The van der Waals surface area contributed by atoms with E-state index < -0.39 is 5.91 Å². The van der Waals surface area contributed by atoms with Crippen LogP contribution in [-0.4, -0.2) is 22.7 Å². The van der Waals surface area contributed by atoms with Gasteiger partial charge in [0.05, 0.1) is 0 Å². The molecule has 0 fully saturated rings. The number of anilines is 3. The second-order valence-corrected chi connectivity index (χ2v) is 5.84. The molecule has 136 valence electrons. The van der Waals surface area contributed by atoms with Gasteiger partial charge in [0.25, 0.3) is 0 Å². The molecule has 4 rings (SSSR count). The van der Waals surface area contributed by atoms with Gasteiger partial charge in [0.1, 0.15) is 5.82 Å². The molecule has 3 aromatic rings. The zero-order valence-electron chi connectivity index (χ0n) is 14.3. The van der Waals surface area contributed by atoms with Crippen LogP contribution >= 0.6 is 0 Å². The topological polar surface area (TPSA) is 111 Å². The highest BCUT2D eigenvalue weighted by Gasteiger charge is 2.16. The Labute approximate surface area is 155 Å². The summed E-state index contributed by atoms with van der Waals surface area (Å²) < 4.78 is 10.9. The number of nitrogens with one attached hydrogen (secondary N) is 2. The fraction of sp³-hybridized carbons (Fsp3) is 0.105. The predicted octanol–water partition coefficient (Wildman–Crippen LogP) is 2.66. The van der Waals surface area contributed by atoms with Gasteiger partial charge in [-0.15, -0.1) is 0 Å². The maximum absolute atomic E-state index is 11.1. The van der Waals surface area contributed by atoms with Crippen LogP contribution in [0.2, 0.25) is 0 Å². The van der Waals surface area contributed by atoms with E-state index in [1.54, 1.807) is 36.5 Å². The van der Waals surface area contributed by atoms with Crippen molar-refractivity contribution >= 4 is 23.4 Å². The summed E-state index contributed by atoms with van der Waals surface area (Å²) in [6.45, 7) is 0.777. The number of hydrogen-bond acceptors (Lipinski definition) is 7. The summed E-state index contributed by atoms with van der Waals surface area (Å²) in [7, 11) is 0. The molecular weight excluding hydrogens is 346 g/mol. The van der Waals surface area contributed by atoms with E-state index in [0.29, 0.717) is 23.9 Å². The maximum Gasteiger partial charge on any atom is 0.248 e. The number of primary amides is 1. The molecule has 0 saturated carbocycles. The molecule has 0 radical (unpaired) electrons. The average molecular weight is 363 g/mol. The molecule has 1 aromatic heterocycles. The van der Waals surface area contributed by atoms with E-state index >= 15 is 0 Å². The van der Waals surface area contributed by atoms with Gasteiger partial charge in [-0.1, -0.05) is 12.1 Å². The lowest BCUT2D eigenvalue weighted by Gasteiger charge is -2.10. The lowest BCUT2D eigenvalue weighted by molar-refractivity contribution is 0.100. The van der Waals surface area contributed by atoms with Crippen molar-refractivity contribution in [3.8, 4) is 11.5 Å². The first-order valence-corrected chi connectivity index (χ1v) is 8.30. The molecule has 1 aliphatic rings. The van der Waals surface area contributed by atoms with Crippen LogP contribution in [0.1, 0.15) is 15.9 Å². The summed E-state index contributed by atoms with van der Waals surface area (Å²) in [4.78, 5) is 19.8. The molecule has 2 heterocycles. The van der Waals surface area contributed by atoms with Crippen molar-refractivity contribution in [1.82, 2.24) is 9.97 Å². The molecule has 0 unspecified atom stereocenters. The third-order valence-electron chi connectivity index (χ3n) is 4.02. The van der Waals surface area contributed by atoms with E-state index in [-0.39, 0.29) is 6.79 Å². The Morgan fingerprint density at radius 2 is 1.96 bits per heavy atom. The molecule has 8 heteroatoms. The standard InChI is InChI=1S/C19H17N5O3/c20-18(25)12-4-6-14(7-5-12)23-19-21-9-8-16(24-19)22-10-13-2-1-3-15-17(13)27-11-26-15/h1-9H,10-11H2,(H2,20,25)(H2,21,22,23,24). The molecule has 0 saturated heterocycles. The fourth-order valence-electron chi connectivity index (χ4n) is 2.68. The third-order valence-corrected chi connectivity index (χ3v) is 4.02. The smallest absolute Gasteiger partial charge is 0.248 e. The molecular formula is C19H17N5O3. The number of rotatable bonds is 6. The van der Waals surface area contributed by atoms with Gasteiger partial charge in [-0.2, -0.15) is 4.98 Å². The predicted molar refractivity (Wildman–Crippen MR) is 100 cm³/mol. The molecule has 8 nitrogen and oxygen atoms in total. The van der Waals surface area contributed by atoms with Gasteiger partial charge in [0.2, 0.25) is 18.6 Å². The van der Waals surface area contributed by atoms with Crippen molar-refractivity contribution in [3.05, 3.63) is 65.9 Å². The number of amides is 1. The summed E-state index contributed by atoms with van der Waals surface area (Å²) in [5.41, 5.74) is 7.42. The summed E-state index contributed by atoms with van der Waals surface area (Å²) >= 11 is 0. The first-order chi connectivity index (χ1) is 13.2. The molecule has 27 heavy (non-hydrogen) atoms. The van der Waals surface area contributed by atoms with E-state index in [9.17, 15) is 4.79 Å². The molecule has 0 bridgehead atoms. The van der Waals surface area contributed by atoms with Crippen molar-refractivity contribution in [2.45, 2.75) is 6.54 Å². The van der Waals surface area contributed by atoms with Crippen molar-refractivity contribution in [3.63, 3.8) is 0 Å². The number of benzene rings is 2. The van der Waals surface area contributed by atoms with Crippen LogP contribution in [0.3, 0.4) is 0 Å². The molecule has 2 aromatic carbocycles. The Hall–Kier alpha value is -3.81. The molecule has 0 spiro atoms. The lowest BCUT2D eigenvalue weighted by atomic mass is 10.2. The van der Waals surface area contributed by atoms with E-state index in [4.69, 9.17) is 15.2 Å². The summed E-state index contributed by atoms with van der Waals surface area (Å²) in [6.07, 6.45) is 1.66. The summed E-state index contributed by atoms with van der Waals surface area (Å²) in [5, 5.41) is 6.34. The Bertz CT molecular complexity index is 975. The monoisotopic (exact) mass is 363 g/mol. The van der Waals surface area contributed by atoms with Gasteiger partial charge in [-0.25, -0.2) is 4.98 Å². The molecule has 1 amide bonds. The minimum atomic E-state index is -0.467. The number of fused-ring (bicyclic) bond motifs is 1. The van der Waals surface area contributed by atoms with Crippen LogP contribution in [0.25, 0.3) is 0 Å². The minimum absolute atomic E-state index is 0.239. The highest BCUT2D eigenvalue weighted by molar-refractivity contribution is 5.93. The van der Waals surface area contributed by atoms with E-state index in [1.807, 2.05) is 18.2 Å². The highest BCUT2D eigenvalue weighted by atomic mass is 16.7. The summed E-state index contributed by atoms with van der Waals surface area (Å²) in [6, 6.07) is 14.3. The van der Waals surface area contributed by atoms with Gasteiger partial charge in [0, 0.05) is 29.6 Å². The Kier molecular flexibility index (Phi) is 4.44. The molecule has 0 aliphatic carbocycles. The molecule has 0 atom stereocenters. The number of nitrogens with zero attached hydrogens (tertiary/aromatic N) is 2. The Morgan fingerprint density at radius 1 is 1.11 bits per heavy atom. The largest absolute Gasteiger partial charge is 0.454 e. The van der Waals surface area contributed by atoms with E-state index in [1.165, 1.54) is 0 Å². The van der Waals surface area contributed by atoms with Crippen LogP contribution in [0, 0.1) is 0 Å². The SMILES string of the molecule is NC(=O)c1ccc(Nc2nccc(NCc3cccc4c3OCO4)n2)cc1. The summed E-state index contributed by atoms with van der Waals surface area (Å²) in [5.74, 6) is 2.14. The van der Waals surface area contributed by atoms with Gasteiger partial charge in [-0.05, 0) is 36.4 Å². The Morgan fingerprint density at radius 3 is 2.78 bits per heavy atom. The van der Waals surface area contributed by atoms with Gasteiger partial charge < -0.3 is 25.8 Å². The van der Waals surface area contributed by atoms with Crippen LogP contribution in [0.5, 0.6) is 11.5 Å². The second kappa shape index (κ2) is 7.20. The molecule has 1 aliphatic heterocycles. The number of hydrogen-bond donors (Lipinski definition) is 3. The van der Waals surface area contributed by atoms with Crippen LogP contribution in [0.4, 0.5) is 17.5 Å². The van der Waals surface area contributed by atoms with Crippen LogP contribution in [0.15, 0.2) is 54.7 Å². The number of aromatic nitrogens is 2. The number of carbonyl (C=O) groups excluding carboxylic acids is 1. The zero-order valence-corrected chi connectivity index (χ0v) is 14.3. The normalized spacial score (nSPS) is 11.9. The molecule has 4 N–H and O–H groups in total. The van der Waals surface area contributed by atoms with Gasteiger partial charge >= 0.3 is 0 Å². The first kappa shape index (κ1) is 16.6. The van der Waals surface area contributed by atoms with Crippen molar-refractivity contribution < 1.29 is 14.3 Å². The fourth-order valence-corrected chi connectivity index (χ4v) is 2.68. The van der Waals surface area contributed by atoms with Gasteiger partial charge in [0.15, 0.2) is 11.5 Å². The van der Waals surface area contributed by atoms with Crippen molar-refractivity contribution in [1.29, 1.82) is 0 Å². The van der Waals surface area contributed by atoms with Crippen LogP contribution < -0.4 is 25.8 Å². The number of ether oxygens (including phenoxy) is 2. The van der Waals surface area contributed by atoms with Crippen LogP contribution in [-0.2, 0) is 6.54 Å². The maximum atomic E-state index is 11.1. The van der Waals surface area contributed by atoms with Crippen molar-refractivity contribution in [2.24, 2.45) is 5.73 Å². The lowest BCUT2D eigenvalue weighted by Crippen LogP contribution is -2.10. The number of carbonyl (C=O) groups is 1. The van der Waals surface area contributed by atoms with Gasteiger partial charge in [-0.3, -0.25) is 4.79 Å². The van der Waals surface area contributed by atoms with E-state index in [2.05, 4.69) is 20.6 Å². The minimum Gasteiger partial charge on any atom is -0.454 e. The third kappa shape index (κ3) is 3.74. The number of nitrogens with two attached hydrogens (primary N) is 1.